The smallest absolute Gasteiger partial charge is 0.433 e. The Morgan fingerprint density at radius 2 is 1.96 bits per heavy atom. The summed E-state index contributed by atoms with van der Waals surface area (Å²) in [6.45, 7) is -0.154. The first-order chi connectivity index (χ1) is 12.4. The Bertz CT molecular complexity index is 813. The molecular weight excluding hydrogens is 347 g/mol. The fraction of sp³-hybridized carbons (Fsp3) is 0.176. The molecule has 0 bridgehead atoms. The van der Waals surface area contributed by atoms with E-state index in [1.165, 1.54) is 24.3 Å². The molecule has 1 aromatic heterocycles. The lowest BCUT2D eigenvalue weighted by atomic mass is 10.1. The number of nitrogens with zero attached hydrogens (tertiary/aromatic N) is 1. The van der Waals surface area contributed by atoms with Crippen LogP contribution >= 0.6 is 0 Å². The minimum Gasteiger partial charge on any atom is -0.452 e. The van der Waals surface area contributed by atoms with Crippen molar-refractivity contribution in [3.63, 3.8) is 0 Å². The maximum Gasteiger partial charge on any atom is 0.433 e. The van der Waals surface area contributed by atoms with Crippen molar-refractivity contribution in [3.8, 4) is 0 Å². The van der Waals surface area contributed by atoms with Gasteiger partial charge in [-0.25, -0.2) is 9.18 Å². The van der Waals surface area contributed by atoms with Crippen LogP contribution < -0.4 is 5.32 Å². The molecule has 0 atom stereocenters. The molecule has 2 rings (SSSR count). The summed E-state index contributed by atoms with van der Waals surface area (Å²) in [5, 5.41) is 13.0. The standard InChI is InChI=1S/C17H15FN2O6/c18-13-3-1-12(2-4-13)9-10-19-15(21)11-25-17(22)8-6-14-5-7-16(26-14)20(23)24/h1-8H,9-11H2,(H,19,21)/b8-6+. The Morgan fingerprint density at radius 1 is 1.23 bits per heavy atom. The number of nitro groups is 1. The second-order valence-corrected chi connectivity index (χ2v) is 5.10. The van der Waals surface area contributed by atoms with Gasteiger partial charge in [-0.1, -0.05) is 12.1 Å². The summed E-state index contributed by atoms with van der Waals surface area (Å²) in [5.74, 6) is -1.95. The molecule has 1 heterocycles. The van der Waals surface area contributed by atoms with Crippen molar-refractivity contribution in [3.05, 3.63) is 69.7 Å². The summed E-state index contributed by atoms with van der Waals surface area (Å²) in [6.07, 6.45) is 2.70. The van der Waals surface area contributed by atoms with E-state index in [0.29, 0.717) is 13.0 Å². The summed E-state index contributed by atoms with van der Waals surface area (Å²) in [4.78, 5) is 32.8. The van der Waals surface area contributed by atoms with Crippen LogP contribution in [0.1, 0.15) is 11.3 Å². The highest BCUT2D eigenvalue weighted by atomic mass is 19.1. The Morgan fingerprint density at radius 3 is 2.62 bits per heavy atom. The van der Waals surface area contributed by atoms with Gasteiger partial charge in [0.1, 0.15) is 16.5 Å². The van der Waals surface area contributed by atoms with Crippen LogP contribution in [0.5, 0.6) is 0 Å². The first kappa shape index (κ1) is 18.8. The topological polar surface area (TPSA) is 112 Å². The number of carbonyl (C=O) groups excluding carboxylic acids is 2. The summed E-state index contributed by atoms with van der Waals surface area (Å²) >= 11 is 0. The number of furan rings is 1. The lowest BCUT2D eigenvalue weighted by Gasteiger charge is -2.05. The lowest BCUT2D eigenvalue weighted by Crippen LogP contribution is -2.30. The zero-order valence-electron chi connectivity index (χ0n) is 13.5. The van der Waals surface area contributed by atoms with E-state index in [4.69, 9.17) is 9.15 Å². The van der Waals surface area contributed by atoms with Gasteiger partial charge in [-0.15, -0.1) is 0 Å². The highest BCUT2D eigenvalue weighted by Gasteiger charge is 2.10. The van der Waals surface area contributed by atoms with Crippen LogP contribution in [0.3, 0.4) is 0 Å². The predicted octanol–water partition coefficient (Wildman–Crippen LogP) is 2.24. The molecule has 0 unspecified atom stereocenters. The van der Waals surface area contributed by atoms with E-state index in [1.54, 1.807) is 12.1 Å². The van der Waals surface area contributed by atoms with Crippen molar-refractivity contribution in [2.75, 3.05) is 13.2 Å². The number of rotatable bonds is 8. The Hall–Kier alpha value is -3.49. The molecule has 0 aliphatic rings. The van der Waals surface area contributed by atoms with E-state index in [1.807, 2.05) is 0 Å². The number of benzene rings is 1. The first-order valence-electron chi connectivity index (χ1n) is 7.54. The number of hydrogen-bond donors (Lipinski definition) is 1. The van der Waals surface area contributed by atoms with Gasteiger partial charge in [0.15, 0.2) is 6.61 Å². The van der Waals surface area contributed by atoms with Crippen LogP contribution in [-0.4, -0.2) is 30.0 Å². The SMILES string of the molecule is O=C(COC(=O)/C=C/c1ccc([N+](=O)[O-])o1)NCCc1ccc(F)cc1. The van der Waals surface area contributed by atoms with Crippen LogP contribution in [0.4, 0.5) is 10.3 Å². The summed E-state index contributed by atoms with van der Waals surface area (Å²) in [6, 6.07) is 8.37. The minimum absolute atomic E-state index is 0.109. The molecule has 0 aliphatic carbocycles. The van der Waals surface area contributed by atoms with Gasteiger partial charge in [0, 0.05) is 12.6 Å². The molecule has 1 N–H and O–H groups in total. The van der Waals surface area contributed by atoms with E-state index >= 15 is 0 Å². The third-order valence-electron chi connectivity index (χ3n) is 3.17. The van der Waals surface area contributed by atoms with Gasteiger partial charge in [0.05, 0.1) is 6.07 Å². The van der Waals surface area contributed by atoms with E-state index < -0.39 is 29.3 Å². The number of ether oxygens (including phenoxy) is 1. The quantitative estimate of drug-likeness (QED) is 0.334. The van der Waals surface area contributed by atoms with E-state index in [0.717, 1.165) is 17.7 Å². The number of amides is 1. The zero-order chi connectivity index (χ0) is 18.9. The predicted molar refractivity (Wildman–Crippen MR) is 88.5 cm³/mol. The third kappa shape index (κ3) is 6.19. The number of halogens is 1. The maximum absolute atomic E-state index is 12.8. The molecule has 2 aromatic rings. The first-order valence-corrected chi connectivity index (χ1v) is 7.54. The molecule has 0 spiro atoms. The lowest BCUT2D eigenvalue weighted by molar-refractivity contribution is -0.402. The van der Waals surface area contributed by atoms with Crippen LogP contribution in [0.15, 0.2) is 46.9 Å². The Labute approximate surface area is 147 Å². The molecule has 136 valence electrons. The van der Waals surface area contributed by atoms with Crippen LogP contribution in [0, 0.1) is 15.9 Å². The number of nitrogens with one attached hydrogen (secondary N) is 1. The molecule has 0 aliphatic heterocycles. The highest BCUT2D eigenvalue weighted by molar-refractivity contribution is 5.88. The van der Waals surface area contributed by atoms with E-state index in [9.17, 15) is 24.1 Å². The van der Waals surface area contributed by atoms with Crippen molar-refractivity contribution in [2.45, 2.75) is 6.42 Å². The second-order valence-electron chi connectivity index (χ2n) is 5.10. The summed E-state index contributed by atoms with van der Waals surface area (Å²) < 4.78 is 22.3. The molecule has 1 aromatic carbocycles. The summed E-state index contributed by atoms with van der Waals surface area (Å²) in [7, 11) is 0. The van der Waals surface area contributed by atoms with Gasteiger partial charge in [-0.05, 0) is 36.3 Å². The van der Waals surface area contributed by atoms with Gasteiger partial charge in [-0.3, -0.25) is 14.9 Å². The Balaban J connectivity index is 1.67. The molecule has 26 heavy (non-hydrogen) atoms. The largest absolute Gasteiger partial charge is 0.452 e. The summed E-state index contributed by atoms with van der Waals surface area (Å²) in [5.41, 5.74) is 0.860. The fourth-order valence-corrected chi connectivity index (χ4v) is 1.91. The number of hydrogen-bond acceptors (Lipinski definition) is 6. The highest BCUT2D eigenvalue weighted by Crippen LogP contribution is 2.16. The van der Waals surface area contributed by atoms with Crippen molar-refractivity contribution in [2.24, 2.45) is 0 Å². The van der Waals surface area contributed by atoms with Gasteiger partial charge < -0.3 is 14.5 Å². The van der Waals surface area contributed by atoms with E-state index in [2.05, 4.69) is 5.32 Å². The minimum atomic E-state index is -0.794. The molecule has 9 heteroatoms. The molecular formula is C17H15FN2O6. The van der Waals surface area contributed by atoms with Gasteiger partial charge in [-0.2, -0.15) is 0 Å². The number of carbonyl (C=O) groups is 2. The van der Waals surface area contributed by atoms with Crippen molar-refractivity contribution in [1.82, 2.24) is 5.32 Å². The zero-order valence-corrected chi connectivity index (χ0v) is 13.5. The van der Waals surface area contributed by atoms with Crippen molar-refractivity contribution in [1.29, 1.82) is 0 Å². The third-order valence-corrected chi connectivity index (χ3v) is 3.17. The molecule has 1 amide bonds. The van der Waals surface area contributed by atoms with Gasteiger partial charge >= 0.3 is 11.9 Å². The average molecular weight is 362 g/mol. The molecule has 0 saturated carbocycles. The van der Waals surface area contributed by atoms with Crippen molar-refractivity contribution < 1.29 is 28.1 Å². The molecule has 0 radical (unpaired) electrons. The molecule has 8 nitrogen and oxygen atoms in total. The normalized spacial score (nSPS) is 10.7. The van der Waals surface area contributed by atoms with Crippen molar-refractivity contribution >= 4 is 23.8 Å². The van der Waals surface area contributed by atoms with E-state index in [-0.39, 0.29) is 11.6 Å². The van der Waals surface area contributed by atoms with Crippen LogP contribution in [0.25, 0.3) is 6.08 Å². The average Bonchev–Trinajstić information content (AvgIpc) is 3.09. The monoisotopic (exact) mass is 362 g/mol. The maximum atomic E-state index is 12.8. The van der Waals surface area contributed by atoms with Crippen LogP contribution in [-0.2, 0) is 20.7 Å². The van der Waals surface area contributed by atoms with Gasteiger partial charge in [0.2, 0.25) is 0 Å². The Kier molecular flexibility index (Phi) is 6.60. The fourth-order valence-electron chi connectivity index (χ4n) is 1.91. The molecule has 0 fully saturated rings. The second kappa shape index (κ2) is 9.11. The van der Waals surface area contributed by atoms with Crippen LogP contribution in [0.2, 0.25) is 0 Å². The molecule has 0 saturated heterocycles. The number of esters is 1. The van der Waals surface area contributed by atoms with Gasteiger partial charge in [0.25, 0.3) is 5.91 Å².